The maximum atomic E-state index is 12.4. The molecule has 0 aliphatic rings. The van der Waals surface area contributed by atoms with Crippen molar-refractivity contribution in [2.75, 3.05) is 18.9 Å². The zero-order valence-electron chi connectivity index (χ0n) is 15.4. The first-order chi connectivity index (χ1) is 13.0. The zero-order chi connectivity index (χ0) is 19.6. The van der Waals surface area contributed by atoms with E-state index in [2.05, 4.69) is 11.1 Å². The molecule has 3 aromatic rings. The summed E-state index contributed by atoms with van der Waals surface area (Å²) in [6, 6.07) is 11.6. The second-order valence-electron chi connectivity index (χ2n) is 5.82. The van der Waals surface area contributed by atoms with E-state index in [9.17, 15) is 10.1 Å². The number of anilines is 1. The molecular formula is C20H20N4O3. The number of hydrogen-bond donors (Lipinski definition) is 1. The molecule has 0 aliphatic heterocycles. The van der Waals surface area contributed by atoms with Gasteiger partial charge >= 0.3 is 5.97 Å². The molecule has 2 aromatic heterocycles. The standard InChI is InChI=1S/C20H20N4O3/c1-4-26-19-13(11-21)14(12-9-7-6-8-10-12)15-16(22)17(20(25)27-5-2)24(3)18(15)23-19/h6-10H,4-5,22H2,1-3H3. The number of benzene rings is 1. The Morgan fingerprint density at radius 3 is 2.56 bits per heavy atom. The van der Waals surface area contributed by atoms with Gasteiger partial charge in [0.1, 0.15) is 17.3 Å². The van der Waals surface area contributed by atoms with Gasteiger partial charge in [0.25, 0.3) is 0 Å². The minimum Gasteiger partial charge on any atom is -0.477 e. The van der Waals surface area contributed by atoms with Crippen LogP contribution in [0, 0.1) is 11.3 Å². The van der Waals surface area contributed by atoms with E-state index in [1.54, 1.807) is 18.5 Å². The molecule has 0 aliphatic carbocycles. The Balaban J connectivity index is 2.47. The molecule has 0 saturated heterocycles. The third-order valence-corrected chi connectivity index (χ3v) is 4.25. The number of nitrogen functional groups attached to an aromatic ring is 1. The first-order valence-electron chi connectivity index (χ1n) is 8.62. The number of nitriles is 1. The van der Waals surface area contributed by atoms with E-state index in [1.807, 2.05) is 37.3 Å². The molecule has 0 saturated carbocycles. The zero-order valence-corrected chi connectivity index (χ0v) is 15.4. The Kier molecular flexibility index (Phi) is 4.99. The summed E-state index contributed by atoms with van der Waals surface area (Å²) < 4.78 is 12.3. The average Bonchev–Trinajstić information content (AvgIpc) is 2.92. The van der Waals surface area contributed by atoms with Gasteiger partial charge in [0.05, 0.1) is 24.3 Å². The highest BCUT2D eigenvalue weighted by Crippen LogP contribution is 2.41. The minimum absolute atomic E-state index is 0.203. The second-order valence-corrected chi connectivity index (χ2v) is 5.82. The van der Waals surface area contributed by atoms with Gasteiger partial charge in [-0.15, -0.1) is 0 Å². The minimum atomic E-state index is -0.536. The van der Waals surface area contributed by atoms with E-state index in [1.165, 1.54) is 0 Å². The van der Waals surface area contributed by atoms with Crippen LogP contribution >= 0.6 is 0 Å². The van der Waals surface area contributed by atoms with Crippen LogP contribution in [0.2, 0.25) is 0 Å². The Morgan fingerprint density at radius 2 is 1.96 bits per heavy atom. The molecule has 1 aromatic carbocycles. The summed E-state index contributed by atoms with van der Waals surface area (Å²) in [6.45, 7) is 4.13. The van der Waals surface area contributed by atoms with E-state index in [4.69, 9.17) is 15.2 Å². The summed E-state index contributed by atoms with van der Waals surface area (Å²) in [7, 11) is 1.69. The normalized spacial score (nSPS) is 10.6. The number of fused-ring (bicyclic) bond motifs is 1. The largest absolute Gasteiger partial charge is 0.477 e. The molecule has 7 nitrogen and oxygen atoms in total. The fourth-order valence-corrected chi connectivity index (χ4v) is 3.14. The molecule has 7 heteroatoms. The molecule has 27 heavy (non-hydrogen) atoms. The van der Waals surface area contributed by atoms with Gasteiger partial charge in [-0.2, -0.15) is 10.2 Å². The molecule has 138 valence electrons. The summed E-state index contributed by atoms with van der Waals surface area (Å²) in [4.78, 5) is 16.9. The van der Waals surface area contributed by atoms with Gasteiger partial charge in [0.15, 0.2) is 5.69 Å². The maximum Gasteiger partial charge on any atom is 0.357 e. The van der Waals surface area contributed by atoms with Crippen LogP contribution in [0.5, 0.6) is 5.88 Å². The summed E-state index contributed by atoms with van der Waals surface area (Å²) in [5, 5.41) is 10.3. The number of rotatable bonds is 5. The molecule has 2 N–H and O–H groups in total. The lowest BCUT2D eigenvalue weighted by Gasteiger charge is -2.12. The van der Waals surface area contributed by atoms with E-state index in [0.29, 0.717) is 23.2 Å². The first kappa shape index (κ1) is 18.3. The number of nitrogens with two attached hydrogens (primary N) is 1. The van der Waals surface area contributed by atoms with Gasteiger partial charge < -0.3 is 19.8 Å². The lowest BCUT2D eigenvalue weighted by Crippen LogP contribution is -2.12. The SMILES string of the molecule is CCOC(=O)c1c(N)c2c(-c3ccccc3)c(C#N)c(OCC)nc2n1C. The van der Waals surface area contributed by atoms with E-state index in [-0.39, 0.29) is 29.4 Å². The van der Waals surface area contributed by atoms with Gasteiger partial charge in [-0.05, 0) is 19.4 Å². The third-order valence-electron chi connectivity index (χ3n) is 4.25. The first-order valence-corrected chi connectivity index (χ1v) is 8.62. The molecule has 2 heterocycles. The predicted molar refractivity (Wildman–Crippen MR) is 102 cm³/mol. The molecule has 0 spiro atoms. The van der Waals surface area contributed by atoms with Crippen molar-refractivity contribution in [1.29, 1.82) is 5.26 Å². The smallest absolute Gasteiger partial charge is 0.357 e. The Hall–Kier alpha value is -3.53. The molecular weight excluding hydrogens is 344 g/mol. The van der Waals surface area contributed by atoms with Gasteiger partial charge in [0.2, 0.25) is 5.88 Å². The van der Waals surface area contributed by atoms with Crippen LogP contribution in [0.3, 0.4) is 0 Å². The van der Waals surface area contributed by atoms with Crippen LogP contribution < -0.4 is 10.5 Å². The second kappa shape index (κ2) is 7.38. The number of nitrogens with zero attached hydrogens (tertiary/aromatic N) is 3. The number of aryl methyl sites for hydroxylation is 1. The number of ether oxygens (including phenoxy) is 2. The molecule has 0 fully saturated rings. The fourth-order valence-electron chi connectivity index (χ4n) is 3.14. The summed E-state index contributed by atoms with van der Waals surface area (Å²) >= 11 is 0. The van der Waals surface area contributed by atoms with Crippen molar-refractivity contribution >= 4 is 22.7 Å². The topological polar surface area (TPSA) is 103 Å². The summed E-state index contributed by atoms with van der Waals surface area (Å²) in [5.41, 5.74) is 8.90. The van der Waals surface area contributed by atoms with Crippen molar-refractivity contribution < 1.29 is 14.3 Å². The van der Waals surface area contributed by atoms with Crippen LogP contribution in [0.1, 0.15) is 29.9 Å². The average molecular weight is 364 g/mol. The molecule has 0 unspecified atom stereocenters. The predicted octanol–water partition coefficient (Wildman–Crippen LogP) is 3.27. The van der Waals surface area contributed by atoms with Crippen LogP contribution in [0.4, 0.5) is 5.69 Å². The van der Waals surface area contributed by atoms with Crippen molar-refractivity contribution in [3.63, 3.8) is 0 Å². The monoisotopic (exact) mass is 364 g/mol. The molecule has 0 radical (unpaired) electrons. The lowest BCUT2D eigenvalue weighted by atomic mass is 9.97. The van der Waals surface area contributed by atoms with Crippen LogP contribution in [-0.4, -0.2) is 28.7 Å². The maximum absolute atomic E-state index is 12.4. The number of hydrogen-bond acceptors (Lipinski definition) is 6. The number of pyridine rings is 1. The molecule has 0 bridgehead atoms. The highest BCUT2D eigenvalue weighted by Gasteiger charge is 2.27. The van der Waals surface area contributed by atoms with Crippen LogP contribution in [-0.2, 0) is 11.8 Å². The van der Waals surface area contributed by atoms with E-state index in [0.717, 1.165) is 5.56 Å². The third kappa shape index (κ3) is 2.95. The molecule has 0 atom stereocenters. The van der Waals surface area contributed by atoms with Crippen molar-refractivity contribution in [2.24, 2.45) is 7.05 Å². The Labute approximate surface area is 156 Å². The van der Waals surface area contributed by atoms with Crippen LogP contribution in [0.25, 0.3) is 22.2 Å². The molecule has 0 amide bonds. The number of carbonyl (C=O) groups is 1. The van der Waals surface area contributed by atoms with Crippen LogP contribution in [0.15, 0.2) is 30.3 Å². The Bertz CT molecular complexity index is 1050. The fraction of sp³-hybridized carbons (Fsp3) is 0.250. The van der Waals surface area contributed by atoms with Gasteiger partial charge in [0, 0.05) is 12.6 Å². The van der Waals surface area contributed by atoms with Crippen molar-refractivity contribution in [1.82, 2.24) is 9.55 Å². The molecule has 3 rings (SSSR count). The Morgan fingerprint density at radius 1 is 1.26 bits per heavy atom. The van der Waals surface area contributed by atoms with Crippen molar-refractivity contribution in [3.05, 3.63) is 41.6 Å². The number of esters is 1. The highest BCUT2D eigenvalue weighted by atomic mass is 16.5. The summed E-state index contributed by atoms with van der Waals surface area (Å²) in [6.07, 6.45) is 0. The number of aromatic nitrogens is 2. The number of carbonyl (C=O) groups excluding carboxylic acids is 1. The van der Waals surface area contributed by atoms with E-state index < -0.39 is 5.97 Å². The van der Waals surface area contributed by atoms with Gasteiger partial charge in [-0.1, -0.05) is 30.3 Å². The highest BCUT2D eigenvalue weighted by molar-refractivity contribution is 6.12. The van der Waals surface area contributed by atoms with Crippen molar-refractivity contribution in [3.8, 4) is 23.1 Å². The van der Waals surface area contributed by atoms with Gasteiger partial charge in [-0.3, -0.25) is 0 Å². The van der Waals surface area contributed by atoms with Gasteiger partial charge in [-0.25, -0.2) is 4.79 Å². The van der Waals surface area contributed by atoms with E-state index >= 15 is 0 Å². The summed E-state index contributed by atoms with van der Waals surface area (Å²) in [5.74, 6) is -0.326. The lowest BCUT2D eigenvalue weighted by molar-refractivity contribution is 0.0517. The quantitative estimate of drug-likeness (QED) is 0.697. The van der Waals surface area contributed by atoms with Crippen molar-refractivity contribution in [2.45, 2.75) is 13.8 Å².